The van der Waals surface area contributed by atoms with Crippen LogP contribution in [0.25, 0.3) is 0 Å². The maximum atomic E-state index is 12.9. The number of fused-ring (bicyclic) bond motifs is 1. The van der Waals surface area contributed by atoms with Crippen LogP contribution in [0.15, 0.2) is 6.20 Å². The number of carbonyl (C=O) groups excluding carboxylic acids is 1. The molecule has 0 radical (unpaired) electrons. The van der Waals surface area contributed by atoms with Gasteiger partial charge in [-0.05, 0) is 20.8 Å². The highest BCUT2D eigenvalue weighted by atomic mass is 35.5. The number of amides is 1. The molecule has 1 aliphatic rings. The SMILES string of the molecule is CCN(CC)c1ncc(Cl)c(C(=O)N2CCn3c(C)nnc3C2)n1. The first-order valence-electron chi connectivity index (χ1n) is 8.00. The van der Waals surface area contributed by atoms with Crippen molar-refractivity contribution in [3.8, 4) is 0 Å². The second-order valence-corrected chi connectivity index (χ2v) is 5.99. The predicted molar refractivity (Wildman–Crippen MR) is 90.1 cm³/mol. The lowest BCUT2D eigenvalue weighted by atomic mass is 10.3. The van der Waals surface area contributed by atoms with Crippen molar-refractivity contribution < 1.29 is 4.79 Å². The van der Waals surface area contributed by atoms with Crippen LogP contribution in [0.2, 0.25) is 5.02 Å². The highest BCUT2D eigenvalue weighted by molar-refractivity contribution is 6.33. The largest absolute Gasteiger partial charge is 0.341 e. The van der Waals surface area contributed by atoms with Crippen LogP contribution in [0.1, 0.15) is 36.0 Å². The van der Waals surface area contributed by atoms with Crippen LogP contribution in [0.4, 0.5) is 5.95 Å². The van der Waals surface area contributed by atoms with E-state index in [2.05, 4.69) is 20.2 Å². The molecule has 1 aliphatic heterocycles. The minimum Gasteiger partial charge on any atom is -0.341 e. The van der Waals surface area contributed by atoms with Gasteiger partial charge in [0.1, 0.15) is 5.82 Å². The maximum Gasteiger partial charge on any atom is 0.274 e. The quantitative estimate of drug-likeness (QED) is 0.832. The number of aryl methyl sites for hydroxylation is 1. The van der Waals surface area contributed by atoms with E-state index in [0.717, 1.165) is 24.7 Å². The number of aromatic nitrogens is 5. The van der Waals surface area contributed by atoms with E-state index < -0.39 is 0 Å². The molecule has 0 bridgehead atoms. The van der Waals surface area contributed by atoms with Gasteiger partial charge in [0, 0.05) is 26.2 Å². The lowest BCUT2D eigenvalue weighted by molar-refractivity contribution is 0.0700. The van der Waals surface area contributed by atoms with Gasteiger partial charge in [-0.25, -0.2) is 9.97 Å². The Morgan fingerprint density at radius 2 is 2.04 bits per heavy atom. The van der Waals surface area contributed by atoms with Crippen molar-refractivity contribution in [2.45, 2.75) is 33.9 Å². The third kappa shape index (κ3) is 2.93. The fourth-order valence-corrected chi connectivity index (χ4v) is 2.96. The van der Waals surface area contributed by atoms with Crippen LogP contribution >= 0.6 is 11.6 Å². The summed E-state index contributed by atoms with van der Waals surface area (Å²) in [6.07, 6.45) is 1.49. The van der Waals surface area contributed by atoms with E-state index in [1.807, 2.05) is 30.2 Å². The molecule has 24 heavy (non-hydrogen) atoms. The smallest absolute Gasteiger partial charge is 0.274 e. The molecule has 8 nitrogen and oxygen atoms in total. The Bertz CT molecular complexity index is 756. The lowest BCUT2D eigenvalue weighted by Gasteiger charge is -2.28. The zero-order valence-electron chi connectivity index (χ0n) is 14.0. The van der Waals surface area contributed by atoms with E-state index in [9.17, 15) is 4.79 Å². The van der Waals surface area contributed by atoms with Crippen molar-refractivity contribution in [2.75, 3.05) is 24.5 Å². The highest BCUT2D eigenvalue weighted by Crippen LogP contribution is 2.21. The molecule has 0 N–H and O–H groups in total. The van der Waals surface area contributed by atoms with Crippen molar-refractivity contribution in [3.05, 3.63) is 28.6 Å². The Labute approximate surface area is 145 Å². The Hall–Kier alpha value is -2.22. The Balaban J connectivity index is 1.86. The molecule has 0 atom stereocenters. The van der Waals surface area contributed by atoms with Gasteiger partial charge < -0.3 is 14.4 Å². The zero-order valence-corrected chi connectivity index (χ0v) is 14.8. The second kappa shape index (κ2) is 6.72. The molecule has 1 amide bonds. The van der Waals surface area contributed by atoms with Gasteiger partial charge in [0.25, 0.3) is 5.91 Å². The molecule has 0 saturated carbocycles. The monoisotopic (exact) mass is 349 g/mol. The number of hydrogen-bond acceptors (Lipinski definition) is 6. The molecule has 0 aromatic carbocycles. The van der Waals surface area contributed by atoms with Gasteiger partial charge in [0.2, 0.25) is 5.95 Å². The molecule has 3 rings (SSSR count). The van der Waals surface area contributed by atoms with E-state index in [4.69, 9.17) is 11.6 Å². The van der Waals surface area contributed by atoms with Crippen molar-refractivity contribution >= 4 is 23.5 Å². The summed E-state index contributed by atoms with van der Waals surface area (Å²) in [5, 5.41) is 8.44. The summed E-state index contributed by atoms with van der Waals surface area (Å²) in [5.41, 5.74) is 0.234. The van der Waals surface area contributed by atoms with Gasteiger partial charge in [0.05, 0.1) is 17.8 Å². The Morgan fingerprint density at radius 3 is 2.75 bits per heavy atom. The van der Waals surface area contributed by atoms with Crippen LogP contribution in [0, 0.1) is 6.92 Å². The van der Waals surface area contributed by atoms with Crippen LogP contribution < -0.4 is 4.90 Å². The summed E-state index contributed by atoms with van der Waals surface area (Å²) >= 11 is 6.18. The number of halogens is 1. The topological polar surface area (TPSA) is 80.0 Å². The Morgan fingerprint density at radius 1 is 1.29 bits per heavy atom. The van der Waals surface area contributed by atoms with Crippen molar-refractivity contribution in [3.63, 3.8) is 0 Å². The number of nitrogens with zero attached hydrogens (tertiary/aromatic N) is 7. The van der Waals surface area contributed by atoms with Gasteiger partial charge in [-0.2, -0.15) is 0 Å². The summed E-state index contributed by atoms with van der Waals surface area (Å²) in [6, 6.07) is 0. The van der Waals surface area contributed by atoms with Gasteiger partial charge in [-0.3, -0.25) is 4.79 Å². The van der Waals surface area contributed by atoms with E-state index >= 15 is 0 Å². The minimum atomic E-state index is -0.206. The lowest BCUT2D eigenvalue weighted by Crippen LogP contribution is -2.39. The Kier molecular flexibility index (Phi) is 4.66. The molecule has 0 fully saturated rings. The summed E-state index contributed by atoms with van der Waals surface area (Å²) in [7, 11) is 0. The molecule has 0 spiro atoms. The zero-order chi connectivity index (χ0) is 17.3. The first-order chi connectivity index (χ1) is 11.5. The summed E-state index contributed by atoms with van der Waals surface area (Å²) < 4.78 is 2.02. The summed E-state index contributed by atoms with van der Waals surface area (Å²) in [5.74, 6) is 1.95. The molecule has 0 unspecified atom stereocenters. The third-order valence-electron chi connectivity index (χ3n) is 4.21. The van der Waals surface area contributed by atoms with Gasteiger partial charge in [0.15, 0.2) is 11.5 Å². The second-order valence-electron chi connectivity index (χ2n) is 5.58. The van der Waals surface area contributed by atoms with Gasteiger partial charge in [-0.1, -0.05) is 11.6 Å². The molecule has 2 aromatic heterocycles. The molecular weight excluding hydrogens is 330 g/mol. The van der Waals surface area contributed by atoms with Crippen molar-refractivity contribution in [1.29, 1.82) is 0 Å². The van der Waals surface area contributed by atoms with E-state index in [1.165, 1.54) is 6.20 Å². The van der Waals surface area contributed by atoms with E-state index in [-0.39, 0.29) is 16.6 Å². The first kappa shape index (κ1) is 16.6. The van der Waals surface area contributed by atoms with E-state index in [0.29, 0.717) is 25.6 Å². The predicted octanol–water partition coefficient (Wildman–Crippen LogP) is 1.53. The normalized spacial score (nSPS) is 13.8. The van der Waals surface area contributed by atoms with Crippen LogP contribution in [0.3, 0.4) is 0 Å². The molecule has 128 valence electrons. The van der Waals surface area contributed by atoms with Crippen molar-refractivity contribution in [1.82, 2.24) is 29.6 Å². The standard InChI is InChI=1S/C15H20ClN7O/c1-4-21(5-2)15-17-8-11(16)13(18-15)14(24)22-6-7-23-10(3)19-20-12(23)9-22/h8H,4-7,9H2,1-3H3. The number of carbonyl (C=O) groups is 1. The fraction of sp³-hybridized carbons (Fsp3) is 0.533. The average molecular weight is 350 g/mol. The minimum absolute atomic E-state index is 0.206. The highest BCUT2D eigenvalue weighted by Gasteiger charge is 2.27. The molecule has 2 aromatic rings. The molecule has 0 saturated heterocycles. The van der Waals surface area contributed by atoms with Gasteiger partial charge >= 0.3 is 0 Å². The van der Waals surface area contributed by atoms with Crippen LogP contribution in [0.5, 0.6) is 0 Å². The number of hydrogen-bond donors (Lipinski definition) is 0. The molecule has 0 aliphatic carbocycles. The third-order valence-corrected chi connectivity index (χ3v) is 4.48. The summed E-state index contributed by atoms with van der Waals surface area (Å²) in [4.78, 5) is 25.2. The van der Waals surface area contributed by atoms with Crippen LogP contribution in [-0.2, 0) is 13.1 Å². The van der Waals surface area contributed by atoms with E-state index in [1.54, 1.807) is 4.90 Å². The van der Waals surface area contributed by atoms with Crippen LogP contribution in [-0.4, -0.2) is 55.2 Å². The fourth-order valence-electron chi connectivity index (χ4n) is 2.79. The maximum absolute atomic E-state index is 12.9. The molecule has 9 heteroatoms. The van der Waals surface area contributed by atoms with Crippen molar-refractivity contribution in [2.24, 2.45) is 0 Å². The summed E-state index contributed by atoms with van der Waals surface area (Å²) in [6.45, 7) is 9.12. The first-order valence-corrected chi connectivity index (χ1v) is 8.38. The molecule has 3 heterocycles. The number of anilines is 1. The molecular formula is C15H20ClN7O. The van der Waals surface area contributed by atoms with Gasteiger partial charge in [-0.15, -0.1) is 10.2 Å². The average Bonchev–Trinajstić information content (AvgIpc) is 2.97. The number of rotatable bonds is 4.